The van der Waals surface area contributed by atoms with Gasteiger partial charge >= 0.3 is 12.6 Å². The molecule has 0 radical (unpaired) electrons. The number of hydrogen-bond acceptors (Lipinski definition) is 6. The normalized spacial score (nSPS) is 10.8. The number of para-hydroxylation sites is 2. The minimum atomic E-state index is -3.04. The van der Waals surface area contributed by atoms with Crippen molar-refractivity contribution in [2.24, 2.45) is 0 Å². The van der Waals surface area contributed by atoms with Crippen molar-refractivity contribution in [2.45, 2.75) is 6.61 Å². The number of anilines is 1. The molecule has 0 saturated carbocycles. The van der Waals surface area contributed by atoms with E-state index in [1.807, 2.05) is 0 Å². The molecule has 0 bridgehead atoms. The lowest BCUT2D eigenvalue weighted by molar-refractivity contribution is -0.383. The molecule has 0 aromatic heterocycles. The second kappa shape index (κ2) is 10.3. The van der Waals surface area contributed by atoms with Crippen LogP contribution in [-0.2, 0) is 14.3 Å². The summed E-state index contributed by atoms with van der Waals surface area (Å²) in [5, 5.41) is 13.2. The zero-order chi connectivity index (χ0) is 21.4. The average molecular weight is 471 g/mol. The number of hydrogen-bond donors (Lipinski definition) is 1. The molecule has 11 heteroatoms. The molecule has 152 valence electrons. The van der Waals surface area contributed by atoms with Gasteiger partial charge in [0.2, 0.25) is 0 Å². The molecule has 0 heterocycles. The number of nitro groups is 1. The summed E-state index contributed by atoms with van der Waals surface area (Å²) in [6.07, 6.45) is 2.11. The fourth-order valence-electron chi connectivity index (χ4n) is 2.12. The van der Waals surface area contributed by atoms with E-state index in [1.165, 1.54) is 48.5 Å². The Bertz CT molecular complexity index is 952. The maximum absolute atomic E-state index is 12.4. The van der Waals surface area contributed by atoms with E-state index in [0.29, 0.717) is 4.47 Å². The van der Waals surface area contributed by atoms with Crippen LogP contribution in [0.5, 0.6) is 5.75 Å². The first-order chi connectivity index (χ1) is 13.8. The number of amides is 1. The highest BCUT2D eigenvalue weighted by Crippen LogP contribution is 2.26. The summed E-state index contributed by atoms with van der Waals surface area (Å²) in [7, 11) is 0. The molecule has 0 aliphatic carbocycles. The number of carbonyl (C=O) groups is 2. The van der Waals surface area contributed by atoms with Gasteiger partial charge in [0.1, 0.15) is 11.4 Å². The third-order valence-corrected chi connectivity index (χ3v) is 3.80. The smallest absolute Gasteiger partial charge is 0.387 e. The summed E-state index contributed by atoms with van der Waals surface area (Å²) in [6.45, 7) is -3.74. The van der Waals surface area contributed by atoms with Gasteiger partial charge < -0.3 is 14.8 Å². The third-order valence-electron chi connectivity index (χ3n) is 3.31. The van der Waals surface area contributed by atoms with Crippen LogP contribution in [0.15, 0.2) is 53.0 Å². The van der Waals surface area contributed by atoms with E-state index in [1.54, 1.807) is 0 Å². The lowest BCUT2D eigenvalue weighted by Gasteiger charge is -2.08. The molecule has 0 saturated heterocycles. The number of halogens is 3. The SMILES string of the molecule is O=C(COC(=O)/C=C/c1cc(Br)ccc1OC(F)F)Nc1ccccc1[N+](=O)[O-]. The van der Waals surface area contributed by atoms with Crippen molar-refractivity contribution in [1.29, 1.82) is 0 Å². The van der Waals surface area contributed by atoms with E-state index < -0.39 is 30.0 Å². The van der Waals surface area contributed by atoms with Gasteiger partial charge in [-0.05, 0) is 30.3 Å². The van der Waals surface area contributed by atoms with Crippen molar-refractivity contribution in [3.05, 3.63) is 68.7 Å². The summed E-state index contributed by atoms with van der Waals surface area (Å²) >= 11 is 3.17. The number of benzene rings is 2. The topological polar surface area (TPSA) is 108 Å². The molecule has 0 aliphatic heterocycles. The van der Waals surface area contributed by atoms with Crippen molar-refractivity contribution >= 4 is 45.3 Å². The molecule has 1 N–H and O–H groups in total. The number of nitrogens with zero attached hydrogens (tertiary/aromatic N) is 1. The maximum atomic E-state index is 12.4. The predicted octanol–water partition coefficient (Wildman–Crippen LogP) is 4.15. The quantitative estimate of drug-likeness (QED) is 0.268. The van der Waals surface area contributed by atoms with Gasteiger partial charge in [0.05, 0.1) is 4.92 Å². The fourth-order valence-corrected chi connectivity index (χ4v) is 2.50. The Morgan fingerprint density at radius 1 is 1.24 bits per heavy atom. The van der Waals surface area contributed by atoms with Crippen molar-refractivity contribution in [3.63, 3.8) is 0 Å². The van der Waals surface area contributed by atoms with E-state index >= 15 is 0 Å². The zero-order valence-corrected chi connectivity index (χ0v) is 16.1. The Morgan fingerprint density at radius 2 is 1.97 bits per heavy atom. The molecule has 0 unspecified atom stereocenters. The lowest BCUT2D eigenvalue weighted by atomic mass is 10.2. The number of nitrogens with one attached hydrogen (secondary N) is 1. The number of rotatable bonds is 8. The second-order valence-electron chi connectivity index (χ2n) is 5.32. The lowest BCUT2D eigenvalue weighted by Crippen LogP contribution is -2.20. The molecule has 0 aliphatic rings. The summed E-state index contributed by atoms with van der Waals surface area (Å²) in [4.78, 5) is 33.9. The van der Waals surface area contributed by atoms with Crippen molar-refractivity contribution < 1.29 is 32.8 Å². The number of esters is 1. The van der Waals surface area contributed by atoms with Gasteiger partial charge in [-0.2, -0.15) is 8.78 Å². The largest absolute Gasteiger partial charge is 0.452 e. The second-order valence-corrected chi connectivity index (χ2v) is 6.24. The number of carbonyl (C=O) groups excluding carboxylic acids is 2. The first kappa shape index (κ1) is 22.0. The molecule has 0 fully saturated rings. The third kappa shape index (κ3) is 6.96. The fraction of sp³-hybridized carbons (Fsp3) is 0.111. The Balaban J connectivity index is 1.96. The molecule has 2 rings (SSSR count). The average Bonchev–Trinajstić information content (AvgIpc) is 2.66. The minimum Gasteiger partial charge on any atom is -0.452 e. The number of alkyl halides is 2. The summed E-state index contributed by atoms with van der Waals surface area (Å²) in [5.41, 5.74) is -0.175. The molecule has 1 amide bonds. The molecule has 2 aromatic rings. The molecule has 2 aromatic carbocycles. The molecule has 8 nitrogen and oxygen atoms in total. The van der Waals surface area contributed by atoms with Crippen LogP contribution in [0.4, 0.5) is 20.2 Å². The Labute approximate surface area is 171 Å². The van der Waals surface area contributed by atoms with Crippen LogP contribution in [0, 0.1) is 10.1 Å². The van der Waals surface area contributed by atoms with Gasteiger partial charge in [-0.25, -0.2) is 4.79 Å². The van der Waals surface area contributed by atoms with E-state index in [0.717, 1.165) is 6.08 Å². The van der Waals surface area contributed by atoms with Crippen LogP contribution in [0.25, 0.3) is 6.08 Å². The van der Waals surface area contributed by atoms with Crippen molar-refractivity contribution in [3.8, 4) is 5.75 Å². The van der Waals surface area contributed by atoms with Crippen LogP contribution in [0.2, 0.25) is 0 Å². The first-order valence-electron chi connectivity index (χ1n) is 7.88. The zero-order valence-electron chi connectivity index (χ0n) is 14.5. The number of ether oxygens (including phenoxy) is 2. The van der Waals surface area contributed by atoms with Crippen LogP contribution >= 0.6 is 15.9 Å². The predicted molar refractivity (Wildman–Crippen MR) is 102 cm³/mol. The summed E-state index contributed by atoms with van der Waals surface area (Å²) in [5.74, 6) is -1.86. The maximum Gasteiger partial charge on any atom is 0.387 e. The monoisotopic (exact) mass is 470 g/mol. The standard InChI is InChI=1S/C18H13BrF2N2O6/c19-12-6-7-15(29-18(20)21)11(9-12)5-8-17(25)28-10-16(24)22-13-3-1-2-4-14(13)23(26)27/h1-9,18H,10H2,(H,22,24)/b8-5+. The van der Waals surface area contributed by atoms with Gasteiger partial charge in [0.15, 0.2) is 6.61 Å². The van der Waals surface area contributed by atoms with E-state index in [-0.39, 0.29) is 22.7 Å². The molecular formula is C18H13BrF2N2O6. The van der Waals surface area contributed by atoms with Crippen LogP contribution in [-0.4, -0.2) is 30.0 Å². The summed E-state index contributed by atoms with van der Waals surface area (Å²) < 4.78 is 34.5. The highest BCUT2D eigenvalue weighted by Gasteiger charge is 2.15. The van der Waals surface area contributed by atoms with Gasteiger partial charge in [-0.3, -0.25) is 14.9 Å². The van der Waals surface area contributed by atoms with E-state index in [9.17, 15) is 28.5 Å². The highest BCUT2D eigenvalue weighted by molar-refractivity contribution is 9.10. The summed E-state index contributed by atoms with van der Waals surface area (Å²) in [6, 6.07) is 9.70. The Morgan fingerprint density at radius 3 is 2.66 bits per heavy atom. The van der Waals surface area contributed by atoms with Crippen LogP contribution in [0.1, 0.15) is 5.56 Å². The molecule has 0 atom stereocenters. The van der Waals surface area contributed by atoms with E-state index in [4.69, 9.17) is 4.74 Å². The van der Waals surface area contributed by atoms with Gasteiger partial charge in [-0.15, -0.1) is 0 Å². The number of nitro benzene ring substituents is 1. The van der Waals surface area contributed by atoms with Gasteiger partial charge in [-0.1, -0.05) is 28.1 Å². The van der Waals surface area contributed by atoms with E-state index in [2.05, 4.69) is 26.0 Å². The van der Waals surface area contributed by atoms with Gasteiger partial charge in [0.25, 0.3) is 11.6 Å². The molecular weight excluding hydrogens is 458 g/mol. The Hall–Kier alpha value is -3.34. The molecule has 29 heavy (non-hydrogen) atoms. The molecule has 0 spiro atoms. The van der Waals surface area contributed by atoms with Crippen LogP contribution < -0.4 is 10.1 Å². The van der Waals surface area contributed by atoms with Crippen molar-refractivity contribution in [2.75, 3.05) is 11.9 Å². The van der Waals surface area contributed by atoms with Crippen LogP contribution in [0.3, 0.4) is 0 Å². The first-order valence-corrected chi connectivity index (χ1v) is 8.68. The minimum absolute atomic E-state index is 0.0444. The Kier molecular flexibility index (Phi) is 7.78. The van der Waals surface area contributed by atoms with Crippen molar-refractivity contribution in [1.82, 2.24) is 0 Å². The highest BCUT2D eigenvalue weighted by atomic mass is 79.9. The van der Waals surface area contributed by atoms with Gasteiger partial charge in [0, 0.05) is 22.2 Å².